The third kappa shape index (κ3) is 1.96. The van der Waals surface area contributed by atoms with E-state index >= 15 is 0 Å². The Morgan fingerprint density at radius 3 is 2.59 bits per heavy atom. The van der Waals surface area contributed by atoms with Crippen molar-refractivity contribution in [2.45, 2.75) is 71.0 Å². The normalized spacial score (nSPS) is 51.9. The van der Waals surface area contributed by atoms with Crippen LogP contribution in [0.3, 0.4) is 0 Å². The van der Waals surface area contributed by atoms with Gasteiger partial charge in [0.2, 0.25) is 0 Å². The highest BCUT2D eigenvalue weighted by molar-refractivity contribution is 5.86. The largest absolute Gasteiger partial charge is 0.469 e. The second-order valence-electron chi connectivity index (χ2n) is 10.6. The van der Waals surface area contributed by atoms with E-state index in [9.17, 15) is 14.4 Å². The zero-order chi connectivity index (χ0) is 21.0. The number of fused-ring (bicyclic) bond motifs is 1. The molecule has 0 radical (unpaired) electrons. The van der Waals surface area contributed by atoms with E-state index in [2.05, 4.69) is 13.5 Å². The highest BCUT2D eigenvalue weighted by atomic mass is 16.6. The quantitative estimate of drug-likeness (QED) is 0.401. The van der Waals surface area contributed by atoms with Crippen LogP contribution in [0.25, 0.3) is 0 Å². The smallest absolute Gasteiger partial charge is 0.316 e. The maximum atomic E-state index is 13.3. The van der Waals surface area contributed by atoms with E-state index in [1.165, 1.54) is 19.6 Å². The Balaban J connectivity index is 1.71. The molecule has 4 bridgehead atoms. The average Bonchev–Trinajstić information content (AvgIpc) is 3.07. The van der Waals surface area contributed by atoms with Crippen molar-refractivity contribution in [2.75, 3.05) is 7.11 Å². The number of hydrogen-bond acceptors (Lipinski definition) is 6. The Labute approximate surface area is 171 Å². The summed E-state index contributed by atoms with van der Waals surface area (Å²) in [5.74, 6) is -1.69. The topological polar surface area (TPSA) is 78.9 Å². The van der Waals surface area contributed by atoms with Crippen molar-refractivity contribution in [3.05, 3.63) is 12.2 Å². The molecule has 0 aromatic rings. The zero-order valence-electron chi connectivity index (χ0n) is 17.7. The Kier molecular flexibility index (Phi) is 3.59. The average molecular weight is 402 g/mol. The highest BCUT2D eigenvalue weighted by Gasteiger charge is 2.84. The van der Waals surface area contributed by atoms with Crippen LogP contribution in [-0.4, -0.2) is 36.7 Å². The van der Waals surface area contributed by atoms with Crippen LogP contribution in [0.2, 0.25) is 0 Å². The molecule has 5 rings (SSSR count). The SMILES string of the molecule is C=C1C[C@]23C[C@@]1(C)CC[C@H]2[C@@]12CC[C@H](OC(C)=O)[C@@](C)(C(=O)O1)[C@H]2[C@@H]3C(=O)OC. The maximum Gasteiger partial charge on any atom is 0.316 e. The first-order chi connectivity index (χ1) is 13.5. The van der Waals surface area contributed by atoms with Crippen LogP contribution in [0.1, 0.15) is 59.3 Å². The number of esters is 3. The van der Waals surface area contributed by atoms with Crippen molar-refractivity contribution < 1.29 is 28.6 Å². The van der Waals surface area contributed by atoms with Crippen LogP contribution in [0.15, 0.2) is 12.2 Å². The summed E-state index contributed by atoms with van der Waals surface area (Å²) in [6.07, 6.45) is 4.21. The van der Waals surface area contributed by atoms with Gasteiger partial charge in [-0.15, -0.1) is 0 Å². The van der Waals surface area contributed by atoms with Gasteiger partial charge >= 0.3 is 17.9 Å². The van der Waals surface area contributed by atoms with Crippen molar-refractivity contribution in [2.24, 2.45) is 34.0 Å². The van der Waals surface area contributed by atoms with Crippen LogP contribution in [0.4, 0.5) is 0 Å². The van der Waals surface area contributed by atoms with Crippen molar-refractivity contribution in [3.63, 3.8) is 0 Å². The van der Waals surface area contributed by atoms with Crippen molar-refractivity contribution in [1.29, 1.82) is 0 Å². The summed E-state index contributed by atoms with van der Waals surface area (Å²) < 4.78 is 17.2. The molecule has 6 heteroatoms. The lowest BCUT2D eigenvalue weighted by Gasteiger charge is -2.46. The number of carbonyl (C=O) groups excluding carboxylic acids is 3. The first kappa shape index (κ1) is 19.1. The molecule has 0 aromatic carbocycles. The molecule has 0 amide bonds. The van der Waals surface area contributed by atoms with Crippen LogP contribution >= 0.6 is 0 Å². The lowest BCUT2D eigenvalue weighted by molar-refractivity contribution is -0.169. The highest BCUT2D eigenvalue weighted by Crippen LogP contribution is 2.80. The molecule has 4 saturated carbocycles. The van der Waals surface area contributed by atoms with Crippen LogP contribution in [0.5, 0.6) is 0 Å². The van der Waals surface area contributed by atoms with E-state index in [-0.39, 0.29) is 34.6 Å². The number of ether oxygens (including phenoxy) is 3. The molecular weight excluding hydrogens is 372 g/mol. The monoisotopic (exact) mass is 402 g/mol. The number of rotatable bonds is 2. The van der Waals surface area contributed by atoms with Gasteiger partial charge in [0, 0.05) is 18.8 Å². The molecule has 0 unspecified atom stereocenters. The molecule has 29 heavy (non-hydrogen) atoms. The fraction of sp³-hybridized carbons (Fsp3) is 0.783. The summed E-state index contributed by atoms with van der Waals surface area (Å²) in [4.78, 5) is 38.3. The van der Waals surface area contributed by atoms with Gasteiger partial charge in [-0.3, -0.25) is 14.4 Å². The summed E-state index contributed by atoms with van der Waals surface area (Å²) in [5.41, 5.74) is -0.781. The van der Waals surface area contributed by atoms with Crippen molar-refractivity contribution >= 4 is 17.9 Å². The molecule has 4 aliphatic carbocycles. The van der Waals surface area contributed by atoms with Gasteiger partial charge in [-0.2, -0.15) is 0 Å². The predicted octanol–water partition coefficient (Wildman–Crippen LogP) is 3.19. The summed E-state index contributed by atoms with van der Waals surface area (Å²) in [5, 5.41) is 0. The Hall–Kier alpha value is -1.85. The van der Waals surface area contributed by atoms with Crippen LogP contribution in [0, 0.1) is 34.0 Å². The maximum absolute atomic E-state index is 13.3. The van der Waals surface area contributed by atoms with E-state index in [0.29, 0.717) is 12.8 Å². The predicted molar refractivity (Wildman–Crippen MR) is 102 cm³/mol. The van der Waals surface area contributed by atoms with Gasteiger partial charge in [-0.1, -0.05) is 19.1 Å². The molecular formula is C23H30O6. The van der Waals surface area contributed by atoms with E-state index in [1.807, 2.05) is 6.92 Å². The molecule has 158 valence electrons. The van der Waals surface area contributed by atoms with E-state index in [0.717, 1.165) is 25.7 Å². The van der Waals surface area contributed by atoms with Crippen LogP contribution < -0.4 is 0 Å². The summed E-state index contributed by atoms with van der Waals surface area (Å²) in [6, 6.07) is 0. The van der Waals surface area contributed by atoms with E-state index < -0.39 is 29.0 Å². The fourth-order valence-electron chi connectivity index (χ4n) is 8.43. The Morgan fingerprint density at radius 2 is 1.93 bits per heavy atom. The second kappa shape index (κ2) is 5.44. The summed E-state index contributed by atoms with van der Waals surface area (Å²) in [6.45, 7) is 9.83. The molecule has 5 aliphatic rings. The van der Waals surface area contributed by atoms with Crippen molar-refractivity contribution in [3.8, 4) is 0 Å². The first-order valence-electron chi connectivity index (χ1n) is 10.7. The standard InChI is InChI=1S/C23H30O6/c1-12-10-22-11-20(12,3)8-6-14(22)23-9-7-15(28-13(2)24)21(4,19(26)29-23)17(23)16(22)18(25)27-5/h14-17H,1,6-11H2,2-5H3/t14-,15+,16-,17-,20-,21-,22+,23-/m1/s1. The minimum atomic E-state index is -1.03. The lowest BCUT2D eigenvalue weighted by Crippen LogP contribution is -2.54. The van der Waals surface area contributed by atoms with E-state index in [4.69, 9.17) is 14.2 Å². The van der Waals surface area contributed by atoms with Crippen molar-refractivity contribution in [1.82, 2.24) is 0 Å². The molecule has 1 heterocycles. The molecule has 6 nitrogen and oxygen atoms in total. The Morgan fingerprint density at radius 1 is 1.21 bits per heavy atom. The molecule has 0 N–H and O–H groups in total. The summed E-state index contributed by atoms with van der Waals surface area (Å²) in [7, 11) is 1.42. The van der Waals surface area contributed by atoms with Gasteiger partial charge in [0.05, 0.1) is 13.0 Å². The molecule has 1 aliphatic heterocycles. The molecule has 1 spiro atoms. The van der Waals surface area contributed by atoms with Gasteiger partial charge in [0.25, 0.3) is 0 Å². The molecule has 1 saturated heterocycles. The van der Waals surface area contributed by atoms with Gasteiger partial charge in [-0.25, -0.2) is 0 Å². The third-order valence-corrected chi connectivity index (χ3v) is 9.46. The van der Waals surface area contributed by atoms with Gasteiger partial charge < -0.3 is 14.2 Å². The molecule has 8 atom stereocenters. The van der Waals surface area contributed by atoms with Gasteiger partial charge in [0.1, 0.15) is 17.1 Å². The fourth-order valence-corrected chi connectivity index (χ4v) is 8.43. The molecule has 0 aromatic heterocycles. The van der Waals surface area contributed by atoms with Crippen LogP contribution in [-0.2, 0) is 28.6 Å². The summed E-state index contributed by atoms with van der Waals surface area (Å²) >= 11 is 0. The number of methoxy groups -OCH3 is 1. The number of carbonyl (C=O) groups is 3. The Bertz CT molecular complexity index is 848. The minimum absolute atomic E-state index is 0.0202. The number of hydrogen-bond donors (Lipinski definition) is 0. The zero-order valence-corrected chi connectivity index (χ0v) is 17.7. The second-order valence-corrected chi connectivity index (χ2v) is 10.6. The first-order valence-corrected chi connectivity index (χ1v) is 10.7. The lowest BCUT2D eigenvalue weighted by atomic mass is 9.59. The minimum Gasteiger partial charge on any atom is -0.469 e. The van der Waals surface area contributed by atoms with Gasteiger partial charge in [-0.05, 0) is 56.3 Å². The molecule has 5 fully saturated rings. The van der Waals surface area contributed by atoms with Gasteiger partial charge in [0.15, 0.2) is 0 Å². The van der Waals surface area contributed by atoms with E-state index in [1.54, 1.807) is 0 Å². The third-order valence-electron chi connectivity index (χ3n) is 9.46. The number of allylic oxidation sites excluding steroid dienone is 1.